The number of carbonyl (C=O) groups excluding carboxylic acids is 2. The van der Waals surface area contributed by atoms with Gasteiger partial charge in [0.1, 0.15) is 0 Å². The highest BCUT2D eigenvalue weighted by Gasteiger charge is 2.18. The van der Waals surface area contributed by atoms with E-state index in [2.05, 4.69) is 34.3 Å². The molecule has 2 N–H and O–H groups in total. The fraction of sp³-hybridized carbons (Fsp3) is 0.500. The molecule has 0 aliphatic rings. The summed E-state index contributed by atoms with van der Waals surface area (Å²) in [4.78, 5) is 24.8. The summed E-state index contributed by atoms with van der Waals surface area (Å²) in [5, 5.41) is 39.4. The van der Waals surface area contributed by atoms with Crippen LogP contribution in [0.2, 0.25) is 0 Å². The number of unbranched alkanes of at least 4 members (excludes halogenated alkanes) is 7. The molecule has 0 fully saturated rings. The minimum Gasteiger partial charge on any atom is -0.493 e. The standard InChI is InChI=1S/C36H48N6O4/c1-5-7-21-41-29-19-17-25(3)23-27(29)33(35(41)45)39-37-31(43)15-13-11-9-10-12-14-16-32(44)38-40-34-28-24-26(4)18-20-30(28)42(36(34)46)22-8-6-2/h17-20,23-24,45-46H,5-16,21-22H2,1-4H3. The van der Waals surface area contributed by atoms with Crippen LogP contribution in [0.15, 0.2) is 56.9 Å². The third-order valence-corrected chi connectivity index (χ3v) is 8.36. The van der Waals surface area contributed by atoms with Gasteiger partial charge in [-0.2, -0.15) is 0 Å². The summed E-state index contributed by atoms with van der Waals surface area (Å²) in [6.45, 7) is 9.53. The minimum absolute atomic E-state index is 0.0498. The minimum atomic E-state index is -0.299. The molecule has 246 valence electrons. The smallest absolute Gasteiger partial charge is 0.264 e. The molecular weight excluding hydrogens is 580 g/mol. The maximum absolute atomic E-state index is 12.4. The first kappa shape index (κ1) is 34.5. The summed E-state index contributed by atoms with van der Waals surface area (Å²) in [6.07, 6.45) is 9.57. The van der Waals surface area contributed by atoms with Crippen molar-refractivity contribution in [1.29, 1.82) is 0 Å². The SMILES string of the molecule is CCCCn1c(O)c(N=NC(=O)CCCCCCCCC(=O)N=Nc2c(O)n(CCCC)c3ccc(C)cc23)c2cc(C)ccc21. The Bertz CT molecular complexity index is 1590. The molecule has 0 unspecified atom stereocenters. The van der Waals surface area contributed by atoms with Crippen LogP contribution in [-0.4, -0.2) is 31.2 Å². The lowest BCUT2D eigenvalue weighted by Gasteiger charge is -2.05. The number of azo groups is 2. The first-order valence-electron chi connectivity index (χ1n) is 16.8. The second-order valence-corrected chi connectivity index (χ2v) is 12.2. The molecule has 0 atom stereocenters. The molecule has 2 heterocycles. The lowest BCUT2D eigenvalue weighted by atomic mass is 10.1. The highest BCUT2D eigenvalue weighted by atomic mass is 16.3. The molecule has 4 aromatic rings. The van der Waals surface area contributed by atoms with E-state index in [0.29, 0.717) is 50.1 Å². The monoisotopic (exact) mass is 628 g/mol. The van der Waals surface area contributed by atoms with Crippen LogP contribution < -0.4 is 0 Å². The number of aromatic hydroxyl groups is 2. The molecule has 2 amide bonds. The number of hydrogen-bond donors (Lipinski definition) is 2. The van der Waals surface area contributed by atoms with Crippen molar-refractivity contribution in [3.05, 3.63) is 47.5 Å². The van der Waals surface area contributed by atoms with Crippen LogP contribution in [0.3, 0.4) is 0 Å². The Morgan fingerprint density at radius 2 is 1.00 bits per heavy atom. The van der Waals surface area contributed by atoms with Crippen LogP contribution in [0.25, 0.3) is 21.8 Å². The van der Waals surface area contributed by atoms with Gasteiger partial charge in [0.05, 0.1) is 11.0 Å². The molecular formula is C36H48N6O4. The topological polar surface area (TPSA) is 134 Å². The van der Waals surface area contributed by atoms with Gasteiger partial charge in [0.25, 0.3) is 11.8 Å². The Balaban J connectivity index is 1.18. The maximum atomic E-state index is 12.4. The third kappa shape index (κ3) is 8.68. The first-order chi connectivity index (χ1) is 22.2. The highest BCUT2D eigenvalue weighted by Crippen LogP contribution is 2.41. The number of amides is 2. The molecule has 10 heteroatoms. The summed E-state index contributed by atoms with van der Waals surface area (Å²) in [6, 6.07) is 11.9. The number of hydrogen-bond acceptors (Lipinski definition) is 6. The van der Waals surface area contributed by atoms with Gasteiger partial charge in [-0.15, -0.1) is 20.5 Å². The summed E-state index contributed by atoms with van der Waals surface area (Å²) in [7, 11) is 0. The lowest BCUT2D eigenvalue weighted by Crippen LogP contribution is -1.96. The van der Waals surface area contributed by atoms with Gasteiger partial charge in [-0.3, -0.25) is 9.59 Å². The van der Waals surface area contributed by atoms with Crippen molar-refractivity contribution in [3.63, 3.8) is 0 Å². The van der Waals surface area contributed by atoms with Gasteiger partial charge < -0.3 is 19.3 Å². The van der Waals surface area contributed by atoms with Crippen molar-refractivity contribution >= 4 is 45.0 Å². The fourth-order valence-electron chi connectivity index (χ4n) is 5.73. The first-order valence-corrected chi connectivity index (χ1v) is 16.8. The van der Waals surface area contributed by atoms with Gasteiger partial charge in [0.2, 0.25) is 11.8 Å². The average Bonchev–Trinajstić information content (AvgIpc) is 3.45. The van der Waals surface area contributed by atoms with Gasteiger partial charge in [-0.05, 0) is 63.8 Å². The van der Waals surface area contributed by atoms with E-state index >= 15 is 0 Å². The van der Waals surface area contributed by atoms with E-state index in [1.807, 2.05) is 59.4 Å². The number of aryl methyl sites for hydroxylation is 4. The molecule has 46 heavy (non-hydrogen) atoms. The maximum Gasteiger partial charge on any atom is 0.264 e. The van der Waals surface area contributed by atoms with Crippen molar-refractivity contribution in [2.75, 3.05) is 0 Å². The Morgan fingerprint density at radius 1 is 0.609 bits per heavy atom. The molecule has 0 radical (unpaired) electrons. The van der Waals surface area contributed by atoms with Crippen LogP contribution in [-0.2, 0) is 22.7 Å². The molecule has 0 saturated heterocycles. The Kier molecular flexibility index (Phi) is 12.6. The van der Waals surface area contributed by atoms with Crippen LogP contribution in [0.1, 0.15) is 102 Å². The second-order valence-electron chi connectivity index (χ2n) is 12.2. The van der Waals surface area contributed by atoms with Crippen LogP contribution >= 0.6 is 0 Å². The van der Waals surface area contributed by atoms with E-state index < -0.39 is 0 Å². The molecule has 0 aliphatic carbocycles. The van der Waals surface area contributed by atoms with Gasteiger partial charge in [0, 0.05) is 36.7 Å². The van der Waals surface area contributed by atoms with Gasteiger partial charge >= 0.3 is 0 Å². The molecule has 2 aromatic carbocycles. The van der Waals surface area contributed by atoms with Crippen LogP contribution in [0.4, 0.5) is 11.4 Å². The molecule has 10 nitrogen and oxygen atoms in total. The quantitative estimate of drug-likeness (QED) is 0.0888. The number of nitrogens with zero attached hydrogens (tertiary/aromatic N) is 6. The normalized spacial score (nSPS) is 12.0. The van der Waals surface area contributed by atoms with Crippen molar-refractivity contribution in [2.24, 2.45) is 20.5 Å². The van der Waals surface area contributed by atoms with Gasteiger partial charge in [-0.1, -0.05) is 75.6 Å². The van der Waals surface area contributed by atoms with E-state index in [0.717, 1.165) is 84.3 Å². The van der Waals surface area contributed by atoms with E-state index in [1.54, 1.807) is 0 Å². The van der Waals surface area contributed by atoms with Crippen LogP contribution in [0, 0.1) is 13.8 Å². The van der Waals surface area contributed by atoms with E-state index in [1.165, 1.54) is 0 Å². The zero-order chi connectivity index (χ0) is 33.1. The summed E-state index contributed by atoms with van der Waals surface area (Å²) < 4.78 is 3.68. The molecule has 0 saturated carbocycles. The Hall–Kier alpha value is -4.34. The number of aromatic nitrogens is 2. The second kappa shape index (κ2) is 16.8. The van der Waals surface area contributed by atoms with E-state index in [9.17, 15) is 19.8 Å². The largest absolute Gasteiger partial charge is 0.493 e. The Labute approximate surface area is 271 Å². The molecule has 4 rings (SSSR count). The number of fused-ring (bicyclic) bond motifs is 2. The van der Waals surface area contributed by atoms with Crippen LogP contribution in [0.5, 0.6) is 11.8 Å². The van der Waals surface area contributed by atoms with Gasteiger partial charge in [0.15, 0.2) is 11.4 Å². The fourth-order valence-corrected chi connectivity index (χ4v) is 5.73. The third-order valence-electron chi connectivity index (χ3n) is 8.36. The van der Waals surface area contributed by atoms with Crippen molar-refractivity contribution < 1.29 is 19.8 Å². The van der Waals surface area contributed by atoms with Gasteiger partial charge in [-0.25, -0.2) is 0 Å². The number of benzene rings is 2. The predicted octanol–water partition coefficient (Wildman–Crippen LogP) is 10.3. The molecule has 2 aromatic heterocycles. The van der Waals surface area contributed by atoms with E-state index in [4.69, 9.17) is 0 Å². The van der Waals surface area contributed by atoms with E-state index in [-0.39, 0.29) is 23.6 Å². The highest BCUT2D eigenvalue weighted by molar-refractivity contribution is 5.96. The molecule has 0 bridgehead atoms. The van der Waals surface area contributed by atoms with Crippen molar-refractivity contribution in [2.45, 2.75) is 118 Å². The number of rotatable bonds is 17. The molecule has 0 spiro atoms. The summed E-state index contributed by atoms with van der Waals surface area (Å²) in [5.41, 5.74) is 4.58. The predicted molar refractivity (Wildman–Crippen MR) is 182 cm³/mol. The summed E-state index contributed by atoms with van der Waals surface area (Å²) in [5.74, 6) is -0.498. The van der Waals surface area contributed by atoms with Crippen molar-refractivity contribution in [1.82, 2.24) is 9.13 Å². The summed E-state index contributed by atoms with van der Waals surface area (Å²) >= 11 is 0. The Morgan fingerprint density at radius 3 is 1.39 bits per heavy atom. The molecule has 0 aliphatic heterocycles. The average molecular weight is 629 g/mol. The lowest BCUT2D eigenvalue weighted by molar-refractivity contribution is -0.119. The zero-order valence-electron chi connectivity index (χ0n) is 27.8. The van der Waals surface area contributed by atoms with Crippen molar-refractivity contribution in [3.8, 4) is 11.8 Å². The zero-order valence-corrected chi connectivity index (χ0v) is 27.8. The number of carbonyl (C=O) groups is 2.